The van der Waals surface area contributed by atoms with E-state index >= 15 is 0 Å². The molecular formula is C11H16N4O. The van der Waals surface area contributed by atoms with E-state index in [0.717, 1.165) is 23.0 Å². The van der Waals surface area contributed by atoms with Gasteiger partial charge in [0.15, 0.2) is 0 Å². The molecule has 0 aliphatic heterocycles. The van der Waals surface area contributed by atoms with E-state index < -0.39 is 0 Å². The molecule has 0 aliphatic carbocycles. The maximum absolute atomic E-state index is 5.48. The first-order valence-corrected chi connectivity index (χ1v) is 5.32. The standard InChI is InChI=1S/C11H16N4O/c1-7-9(3)16-11(14-7)6-12-8(2)10-4-5-13-15-10/h4-5,8,12H,6H2,1-3H3,(H,13,15). The molecule has 1 unspecified atom stereocenters. The fraction of sp³-hybridized carbons (Fsp3) is 0.455. The average Bonchev–Trinajstić information content (AvgIpc) is 2.86. The molecule has 0 fully saturated rings. The highest BCUT2D eigenvalue weighted by molar-refractivity contribution is 5.06. The van der Waals surface area contributed by atoms with Gasteiger partial charge in [-0.05, 0) is 26.8 Å². The van der Waals surface area contributed by atoms with Crippen LogP contribution in [0.25, 0.3) is 0 Å². The number of aryl methyl sites for hydroxylation is 2. The summed E-state index contributed by atoms with van der Waals surface area (Å²) < 4.78 is 5.48. The Kier molecular flexibility index (Phi) is 3.05. The lowest BCUT2D eigenvalue weighted by atomic mass is 10.2. The van der Waals surface area contributed by atoms with E-state index in [4.69, 9.17) is 4.42 Å². The van der Waals surface area contributed by atoms with Gasteiger partial charge in [0, 0.05) is 12.2 Å². The number of H-pyrrole nitrogens is 1. The van der Waals surface area contributed by atoms with Gasteiger partial charge < -0.3 is 9.73 Å². The summed E-state index contributed by atoms with van der Waals surface area (Å²) in [5, 5.41) is 10.2. The van der Waals surface area contributed by atoms with Gasteiger partial charge in [-0.15, -0.1) is 0 Å². The molecule has 5 nitrogen and oxygen atoms in total. The number of nitrogens with zero attached hydrogens (tertiary/aromatic N) is 2. The Morgan fingerprint density at radius 1 is 1.50 bits per heavy atom. The van der Waals surface area contributed by atoms with Crippen LogP contribution >= 0.6 is 0 Å². The summed E-state index contributed by atoms with van der Waals surface area (Å²) in [7, 11) is 0. The highest BCUT2D eigenvalue weighted by Crippen LogP contribution is 2.11. The van der Waals surface area contributed by atoms with Crippen molar-refractivity contribution in [3.8, 4) is 0 Å². The molecule has 0 aliphatic rings. The zero-order valence-corrected chi connectivity index (χ0v) is 9.74. The van der Waals surface area contributed by atoms with E-state index in [9.17, 15) is 0 Å². The molecule has 0 amide bonds. The zero-order valence-electron chi connectivity index (χ0n) is 9.74. The second-order valence-corrected chi connectivity index (χ2v) is 3.86. The van der Waals surface area contributed by atoms with Crippen LogP contribution < -0.4 is 5.32 Å². The Hall–Kier alpha value is -1.62. The Labute approximate surface area is 94.3 Å². The number of aromatic nitrogens is 3. The molecule has 0 bridgehead atoms. The number of hydrogen-bond acceptors (Lipinski definition) is 4. The molecule has 16 heavy (non-hydrogen) atoms. The molecule has 2 aromatic heterocycles. The maximum atomic E-state index is 5.48. The lowest BCUT2D eigenvalue weighted by Gasteiger charge is -2.09. The van der Waals surface area contributed by atoms with Gasteiger partial charge in [0.05, 0.1) is 17.9 Å². The molecule has 2 N–H and O–H groups in total. The quantitative estimate of drug-likeness (QED) is 0.825. The molecule has 0 aromatic carbocycles. The summed E-state index contributed by atoms with van der Waals surface area (Å²) in [5.41, 5.74) is 2.01. The van der Waals surface area contributed by atoms with Crippen molar-refractivity contribution in [1.29, 1.82) is 0 Å². The van der Waals surface area contributed by atoms with Crippen molar-refractivity contribution in [1.82, 2.24) is 20.5 Å². The van der Waals surface area contributed by atoms with Gasteiger partial charge in [0.2, 0.25) is 5.89 Å². The van der Waals surface area contributed by atoms with Crippen LogP contribution in [0.15, 0.2) is 16.7 Å². The molecule has 2 aromatic rings. The highest BCUT2D eigenvalue weighted by Gasteiger charge is 2.09. The van der Waals surface area contributed by atoms with E-state index in [2.05, 4.69) is 27.4 Å². The Bertz CT molecular complexity index is 427. The van der Waals surface area contributed by atoms with Crippen molar-refractivity contribution in [2.75, 3.05) is 0 Å². The largest absolute Gasteiger partial charge is 0.444 e. The number of oxazole rings is 1. The Morgan fingerprint density at radius 2 is 2.31 bits per heavy atom. The minimum atomic E-state index is 0.204. The Balaban J connectivity index is 1.92. The summed E-state index contributed by atoms with van der Waals surface area (Å²) in [6.45, 7) is 6.55. The minimum absolute atomic E-state index is 0.204. The van der Waals surface area contributed by atoms with Crippen LogP contribution in [0.1, 0.15) is 36.0 Å². The Morgan fingerprint density at radius 3 is 2.88 bits per heavy atom. The van der Waals surface area contributed by atoms with E-state index in [1.54, 1.807) is 6.20 Å². The first-order valence-electron chi connectivity index (χ1n) is 5.32. The van der Waals surface area contributed by atoms with Gasteiger partial charge in [0.25, 0.3) is 0 Å². The van der Waals surface area contributed by atoms with Crippen molar-refractivity contribution in [2.24, 2.45) is 0 Å². The predicted octanol–water partition coefficient (Wildman–Crippen LogP) is 1.87. The fourth-order valence-electron chi connectivity index (χ4n) is 1.47. The first kappa shape index (κ1) is 10.9. The van der Waals surface area contributed by atoms with Gasteiger partial charge in [-0.25, -0.2) is 4.98 Å². The molecule has 5 heteroatoms. The van der Waals surface area contributed by atoms with E-state index in [1.165, 1.54) is 0 Å². The summed E-state index contributed by atoms with van der Waals surface area (Å²) in [6.07, 6.45) is 1.74. The van der Waals surface area contributed by atoms with Crippen LogP contribution in [0.4, 0.5) is 0 Å². The lowest BCUT2D eigenvalue weighted by Crippen LogP contribution is -2.18. The molecule has 0 saturated carbocycles. The number of aromatic amines is 1. The number of hydrogen-bond donors (Lipinski definition) is 2. The molecule has 1 atom stereocenters. The second-order valence-electron chi connectivity index (χ2n) is 3.86. The van der Waals surface area contributed by atoms with E-state index in [1.807, 2.05) is 19.9 Å². The second kappa shape index (κ2) is 4.49. The van der Waals surface area contributed by atoms with Crippen LogP contribution in [-0.4, -0.2) is 15.2 Å². The average molecular weight is 220 g/mol. The van der Waals surface area contributed by atoms with E-state index in [0.29, 0.717) is 6.54 Å². The van der Waals surface area contributed by atoms with Gasteiger partial charge in [-0.1, -0.05) is 0 Å². The topological polar surface area (TPSA) is 66.7 Å². The molecule has 2 rings (SSSR count). The molecule has 86 valence electrons. The monoisotopic (exact) mass is 220 g/mol. The fourth-order valence-corrected chi connectivity index (χ4v) is 1.47. The van der Waals surface area contributed by atoms with E-state index in [-0.39, 0.29) is 6.04 Å². The third-order valence-corrected chi connectivity index (χ3v) is 2.62. The summed E-state index contributed by atoms with van der Waals surface area (Å²) >= 11 is 0. The van der Waals surface area contributed by atoms with Crippen molar-refractivity contribution in [2.45, 2.75) is 33.4 Å². The summed E-state index contributed by atoms with van der Waals surface area (Å²) in [6, 6.07) is 2.15. The highest BCUT2D eigenvalue weighted by atomic mass is 16.4. The smallest absolute Gasteiger partial charge is 0.208 e. The van der Waals surface area contributed by atoms with Crippen LogP contribution in [-0.2, 0) is 6.54 Å². The van der Waals surface area contributed by atoms with Crippen molar-refractivity contribution in [3.63, 3.8) is 0 Å². The van der Waals surface area contributed by atoms with Crippen molar-refractivity contribution >= 4 is 0 Å². The number of nitrogens with one attached hydrogen (secondary N) is 2. The molecule has 0 saturated heterocycles. The summed E-state index contributed by atoms with van der Waals surface area (Å²) in [4.78, 5) is 4.31. The van der Waals surface area contributed by atoms with Gasteiger partial charge in [0.1, 0.15) is 5.76 Å². The van der Waals surface area contributed by atoms with Gasteiger partial charge >= 0.3 is 0 Å². The maximum Gasteiger partial charge on any atom is 0.208 e. The van der Waals surface area contributed by atoms with Crippen molar-refractivity contribution < 1.29 is 4.42 Å². The SMILES string of the molecule is Cc1nc(CNC(C)c2ccn[nH]2)oc1C. The van der Waals surface area contributed by atoms with Crippen LogP contribution in [0.2, 0.25) is 0 Å². The van der Waals surface area contributed by atoms with Crippen LogP contribution in [0.3, 0.4) is 0 Å². The van der Waals surface area contributed by atoms with Gasteiger partial charge in [-0.3, -0.25) is 5.10 Å². The molecule has 2 heterocycles. The van der Waals surface area contributed by atoms with Crippen LogP contribution in [0, 0.1) is 13.8 Å². The normalized spacial score (nSPS) is 12.9. The van der Waals surface area contributed by atoms with Crippen LogP contribution in [0.5, 0.6) is 0 Å². The third kappa shape index (κ3) is 2.30. The minimum Gasteiger partial charge on any atom is -0.444 e. The molecular weight excluding hydrogens is 204 g/mol. The first-order chi connectivity index (χ1) is 7.66. The third-order valence-electron chi connectivity index (χ3n) is 2.62. The zero-order chi connectivity index (χ0) is 11.5. The summed E-state index contributed by atoms with van der Waals surface area (Å²) in [5.74, 6) is 1.60. The number of rotatable bonds is 4. The predicted molar refractivity (Wildman–Crippen MR) is 59.8 cm³/mol. The molecule has 0 radical (unpaired) electrons. The molecule has 0 spiro atoms. The lowest BCUT2D eigenvalue weighted by molar-refractivity contribution is 0.429. The van der Waals surface area contributed by atoms with Crippen molar-refractivity contribution in [3.05, 3.63) is 35.3 Å². The van der Waals surface area contributed by atoms with Gasteiger partial charge in [-0.2, -0.15) is 5.10 Å².